The Morgan fingerprint density at radius 3 is 2.68 bits per heavy atom. The summed E-state index contributed by atoms with van der Waals surface area (Å²) < 4.78 is 17.9. The second-order valence-corrected chi connectivity index (χ2v) is 7.39. The molecule has 0 amide bonds. The highest BCUT2D eigenvalue weighted by atomic mass is 16.5. The van der Waals surface area contributed by atoms with Gasteiger partial charge in [-0.2, -0.15) is 9.78 Å². The summed E-state index contributed by atoms with van der Waals surface area (Å²) >= 11 is 0. The van der Waals surface area contributed by atoms with Crippen molar-refractivity contribution < 1.29 is 19.3 Å². The van der Waals surface area contributed by atoms with Crippen LogP contribution >= 0.6 is 0 Å². The molecule has 2 aromatic heterocycles. The van der Waals surface area contributed by atoms with Crippen LogP contribution in [0.3, 0.4) is 0 Å². The molecule has 1 atom stereocenters. The molecule has 2 aromatic carbocycles. The van der Waals surface area contributed by atoms with Crippen LogP contribution in [0, 0.1) is 0 Å². The van der Waals surface area contributed by atoms with E-state index in [1.807, 2.05) is 13.0 Å². The third-order valence-corrected chi connectivity index (χ3v) is 5.52. The topological polar surface area (TPSA) is 149 Å². The van der Waals surface area contributed by atoms with Crippen LogP contribution in [0.4, 0.5) is 11.6 Å². The number of phenolic OH excluding ortho intramolecular Hbond substituents is 1. The van der Waals surface area contributed by atoms with Crippen LogP contribution in [0.2, 0.25) is 0 Å². The number of nitrogens with one attached hydrogen (secondary N) is 2. The van der Waals surface area contributed by atoms with Gasteiger partial charge in [-0.25, -0.2) is 5.10 Å². The lowest BCUT2D eigenvalue weighted by molar-refractivity contribution is 0.317. The first-order valence-electron chi connectivity index (χ1n) is 10.4. The molecule has 0 spiro atoms. The van der Waals surface area contributed by atoms with Crippen molar-refractivity contribution in [3.63, 3.8) is 0 Å². The Labute approximate surface area is 193 Å². The number of fused-ring (bicyclic) bond motifs is 2. The highest BCUT2D eigenvalue weighted by Gasteiger charge is 2.35. The van der Waals surface area contributed by atoms with Crippen molar-refractivity contribution in [2.75, 3.05) is 26.1 Å². The molecule has 12 nitrogen and oxygen atoms in total. The molecule has 174 valence electrons. The molecular weight excluding hydrogens is 442 g/mol. The number of methoxy groups -OCH3 is 2. The second kappa shape index (κ2) is 8.39. The van der Waals surface area contributed by atoms with Gasteiger partial charge in [0.1, 0.15) is 11.7 Å². The molecule has 1 aliphatic rings. The van der Waals surface area contributed by atoms with E-state index in [9.17, 15) is 9.90 Å². The van der Waals surface area contributed by atoms with Crippen LogP contribution < -0.4 is 25.1 Å². The molecule has 12 heteroatoms. The maximum absolute atomic E-state index is 12.8. The molecule has 0 fully saturated rings. The summed E-state index contributed by atoms with van der Waals surface area (Å²) in [6, 6.07) is 9.66. The van der Waals surface area contributed by atoms with Crippen molar-refractivity contribution in [3.8, 4) is 34.3 Å². The number of phenols is 1. The maximum Gasteiger partial charge on any atom is 0.288 e. The predicted molar refractivity (Wildman–Crippen MR) is 121 cm³/mol. The maximum atomic E-state index is 12.8. The van der Waals surface area contributed by atoms with Crippen LogP contribution in [0.5, 0.6) is 23.0 Å². The van der Waals surface area contributed by atoms with Crippen LogP contribution in [0.25, 0.3) is 11.3 Å². The van der Waals surface area contributed by atoms with E-state index >= 15 is 0 Å². The van der Waals surface area contributed by atoms with Gasteiger partial charge in [0, 0.05) is 11.1 Å². The highest BCUT2D eigenvalue weighted by Crippen LogP contribution is 2.43. The van der Waals surface area contributed by atoms with E-state index in [0.29, 0.717) is 52.2 Å². The molecule has 0 aliphatic carbocycles. The Morgan fingerprint density at radius 1 is 1.09 bits per heavy atom. The number of tetrazole rings is 1. The summed E-state index contributed by atoms with van der Waals surface area (Å²) in [5.74, 6) is 1.66. The average Bonchev–Trinajstić information content (AvgIpc) is 3.33. The standard InChI is InChI=1S/C22H21N7O5/c1-4-34-15-10-12(5-7-13(15)30)20-17-18(11-6-8-14(32-2)16(9-11)33-3)24-25-21(31)19(17)23-22-26-27-28-29(20)22/h5-10,20,30H,4H2,1-3H3,(H,25,31)(H,23,26,28)/t20-/m0/s1. The highest BCUT2D eigenvalue weighted by molar-refractivity contribution is 5.76. The fourth-order valence-corrected chi connectivity index (χ4v) is 4.02. The van der Waals surface area contributed by atoms with Gasteiger partial charge in [0.25, 0.3) is 5.56 Å². The van der Waals surface area contributed by atoms with E-state index < -0.39 is 11.6 Å². The predicted octanol–water partition coefficient (Wildman–Crippen LogP) is 2.24. The number of rotatable bonds is 6. The van der Waals surface area contributed by atoms with Crippen molar-refractivity contribution in [3.05, 3.63) is 57.9 Å². The van der Waals surface area contributed by atoms with E-state index in [1.54, 1.807) is 43.2 Å². The molecule has 3 N–H and O–H groups in total. The third kappa shape index (κ3) is 3.36. The Morgan fingerprint density at radius 2 is 1.91 bits per heavy atom. The van der Waals surface area contributed by atoms with E-state index in [2.05, 4.69) is 31.0 Å². The van der Waals surface area contributed by atoms with E-state index in [4.69, 9.17) is 14.2 Å². The van der Waals surface area contributed by atoms with Crippen LogP contribution in [0.15, 0.2) is 41.2 Å². The molecule has 1 aliphatic heterocycles. The fraction of sp³-hybridized carbons (Fsp3) is 0.227. The molecule has 0 saturated carbocycles. The van der Waals surface area contributed by atoms with E-state index in [1.165, 1.54) is 6.07 Å². The molecule has 5 rings (SSSR count). The summed E-state index contributed by atoms with van der Waals surface area (Å²) in [7, 11) is 3.10. The SMILES string of the molecule is CCOc1cc([C@H]2c3c(-c4ccc(OC)c(OC)c4)n[nH]c(=O)c3Nc3nnnn32)ccc1O. The quantitative estimate of drug-likeness (QED) is 0.342. The van der Waals surface area contributed by atoms with Gasteiger partial charge in [-0.3, -0.25) is 4.79 Å². The van der Waals surface area contributed by atoms with E-state index in [-0.39, 0.29) is 11.4 Å². The van der Waals surface area contributed by atoms with Crippen molar-refractivity contribution in [2.45, 2.75) is 13.0 Å². The monoisotopic (exact) mass is 463 g/mol. The number of H-pyrrole nitrogens is 1. The number of aromatic amines is 1. The lowest BCUT2D eigenvalue weighted by Crippen LogP contribution is -2.29. The molecule has 4 aromatic rings. The molecule has 3 heterocycles. The summed E-state index contributed by atoms with van der Waals surface area (Å²) in [4.78, 5) is 12.8. The largest absolute Gasteiger partial charge is 0.504 e. The number of aromatic hydroxyl groups is 1. The third-order valence-electron chi connectivity index (χ3n) is 5.52. The van der Waals surface area contributed by atoms with Crippen molar-refractivity contribution in [1.29, 1.82) is 0 Å². The molecule has 0 bridgehead atoms. The van der Waals surface area contributed by atoms with Gasteiger partial charge in [0.15, 0.2) is 23.0 Å². The number of nitrogens with zero attached hydrogens (tertiary/aromatic N) is 5. The van der Waals surface area contributed by atoms with Gasteiger partial charge in [-0.1, -0.05) is 11.2 Å². The van der Waals surface area contributed by atoms with Crippen molar-refractivity contribution in [2.24, 2.45) is 0 Å². The number of ether oxygens (including phenoxy) is 3. The van der Waals surface area contributed by atoms with Crippen LogP contribution in [0.1, 0.15) is 24.1 Å². The van der Waals surface area contributed by atoms with Gasteiger partial charge in [0.2, 0.25) is 5.95 Å². The molecular formula is C22H21N7O5. The zero-order valence-electron chi connectivity index (χ0n) is 18.6. The number of anilines is 2. The molecule has 34 heavy (non-hydrogen) atoms. The normalized spacial score (nSPS) is 14.0. The lowest BCUT2D eigenvalue weighted by atomic mass is 9.92. The number of benzene rings is 2. The summed E-state index contributed by atoms with van der Waals surface area (Å²) in [6.45, 7) is 2.19. The van der Waals surface area contributed by atoms with Gasteiger partial charge >= 0.3 is 0 Å². The number of hydrogen-bond donors (Lipinski definition) is 3. The Balaban J connectivity index is 1.77. The summed E-state index contributed by atoms with van der Waals surface area (Å²) in [5, 5.41) is 32.1. The smallest absolute Gasteiger partial charge is 0.288 e. The number of hydrogen-bond acceptors (Lipinski definition) is 10. The summed E-state index contributed by atoms with van der Waals surface area (Å²) in [6.07, 6.45) is 0. The second-order valence-electron chi connectivity index (χ2n) is 7.39. The van der Waals surface area contributed by atoms with Gasteiger partial charge in [0.05, 0.1) is 26.5 Å². The van der Waals surface area contributed by atoms with Crippen LogP contribution in [-0.2, 0) is 0 Å². The van der Waals surface area contributed by atoms with Crippen molar-refractivity contribution in [1.82, 2.24) is 30.4 Å². The molecule has 0 radical (unpaired) electrons. The average molecular weight is 463 g/mol. The van der Waals surface area contributed by atoms with E-state index in [0.717, 1.165) is 0 Å². The van der Waals surface area contributed by atoms with Gasteiger partial charge in [-0.15, -0.1) is 0 Å². The minimum atomic E-state index is -0.640. The first kappa shape index (κ1) is 21.2. The molecule has 0 unspecified atom stereocenters. The Kier molecular flexibility index (Phi) is 5.24. The summed E-state index contributed by atoms with van der Waals surface area (Å²) in [5.41, 5.74) is 2.23. The minimum absolute atomic E-state index is 0.000782. The fourth-order valence-electron chi connectivity index (χ4n) is 4.02. The Hall–Kier alpha value is -4.61. The van der Waals surface area contributed by atoms with Crippen LogP contribution in [-0.4, -0.2) is 56.3 Å². The first-order valence-corrected chi connectivity index (χ1v) is 10.4. The van der Waals surface area contributed by atoms with Crippen molar-refractivity contribution >= 4 is 11.6 Å². The zero-order chi connectivity index (χ0) is 23.8. The Bertz CT molecular complexity index is 1430. The number of aromatic nitrogens is 6. The lowest BCUT2D eigenvalue weighted by Gasteiger charge is -2.28. The minimum Gasteiger partial charge on any atom is -0.504 e. The zero-order valence-corrected chi connectivity index (χ0v) is 18.6. The van der Waals surface area contributed by atoms with Gasteiger partial charge < -0.3 is 24.6 Å². The first-order chi connectivity index (χ1) is 16.5. The molecule has 0 saturated heterocycles. The van der Waals surface area contributed by atoms with Gasteiger partial charge in [-0.05, 0) is 53.2 Å².